The van der Waals surface area contributed by atoms with E-state index in [-0.39, 0.29) is 5.41 Å². The largest absolute Gasteiger partial charge is 0.103 e. The van der Waals surface area contributed by atoms with E-state index in [0.717, 1.165) is 6.42 Å². The third kappa shape index (κ3) is 2.25. The second-order valence-corrected chi connectivity index (χ2v) is 4.85. The highest BCUT2D eigenvalue weighted by Crippen LogP contribution is 2.29. The van der Waals surface area contributed by atoms with Gasteiger partial charge in [0.1, 0.15) is 0 Å². The number of rotatable bonds is 2. The van der Waals surface area contributed by atoms with Crippen LogP contribution in [0.1, 0.15) is 37.5 Å². The lowest BCUT2D eigenvalue weighted by Gasteiger charge is -2.25. The molecule has 0 aliphatic heterocycles. The van der Waals surface area contributed by atoms with Crippen LogP contribution in [0.5, 0.6) is 0 Å². The van der Waals surface area contributed by atoms with Gasteiger partial charge in [-0.1, -0.05) is 45.0 Å². The molecule has 0 atom stereocenters. The Balaban J connectivity index is 3.29. The predicted molar refractivity (Wildman–Crippen MR) is 63.8 cm³/mol. The van der Waals surface area contributed by atoms with Crippen molar-refractivity contribution in [3.63, 3.8) is 0 Å². The van der Waals surface area contributed by atoms with E-state index < -0.39 is 0 Å². The van der Waals surface area contributed by atoms with Crippen molar-refractivity contribution < 1.29 is 0 Å². The molecule has 0 amide bonds. The standard InChI is InChI=1S/C14H20/c1-6-8-12-10-7-9-11(2)13(12)14(3,4)5/h6-7,9-10H,1,8H2,2-5H3. The summed E-state index contributed by atoms with van der Waals surface area (Å²) >= 11 is 0. The molecule has 1 aromatic rings. The SMILES string of the molecule is C=CCc1cccc(C)c1C(C)(C)C. The summed E-state index contributed by atoms with van der Waals surface area (Å²) < 4.78 is 0. The highest BCUT2D eigenvalue weighted by molar-refractivity contribution is 5.40. The fourth-order valence-electron chi connectivity index (χ4n) is 2.13. The van der Waals surface area contributed by atoms with Crippen LogP contribution in [0.4, 0.5) is 0 Å². The zero-order valence-electron chi connectivity index (χ0n) is 9.72. The van der Waals surface area contributed by atoms with Gasteiger partial charge in [-0.2, -0.15) is 0 Å². The van der Waals surface area contributed by atoms with Crippen molar-refractivity contribution in [1.82, 2.24) is 0 Å². The van der Waals surface area contributed by atoms with Crippen molar-refractivity contribution in [3.05, 3.63) is 47.5 Å². The van der Waals surface area contributed by atoms with Crippen LogP contribution in [-0.2, 0) is 11.8 Å². The third-order valence-electron chi connectivity index (χ3n) is 2.47. The Hall–Kier alpha value is -1.04. The Bertz CT molecular complexity index is 326. The summed E-state index contributed by atoms with van der Waals surface area (Å²) in [5.74, 6) is 0. The maximum Gasteiger partial charge on any atom is -0.00971 e. The van der Waals surface area contributed by atoms with Crippen LogP contribution >= 0.6 is 0 Å². The Morgan fingerprint density at radius 3 is 2.43 bits per heavy atom. The minimum absolute atomic E-state index is 0.226. The molecule has 14 heavy (non-hydrogen) atoms. The molecule has 0 aliphatic carbocycles. The van der Waals surface area contributed by atoms with Crippen LogP contribution in [-0.4, -0.2) is 0 Å². The van der Waals surface area contributed by atoms with Gasteiger partial charge in [0.25, 0.3) is 0 Å². The van der Waals surface area contributed by atoms with E-state index in [1.54, 1.807) is 0 Å². The molecular weight excluding hydrogens is 168 g/mol. The molecule has 1 rings (SSSR count). The van der Waals surface area contributed by atoms with Gasteiger partial charge >= 0.3 is 0 Å². The van der Waals surface area contributed by atoms with Gasteiger partial charge in [0.05, 0.1) is 0 Å². The van der Waals surface area contributed by atoms with E-state index >= 15 is 0 Å². The molecule has 0 N–H and O–H groups in total. The summed E-state index contributed by atoms with van der Waals surface area (Å²) in [6.45, 7) is 12.8. The van der Waals surface area contributed by atoms with E-state index in [4.69, 9.17) is 0 Å². The normalized spacial score (nSPS) is 11.4. The van der Waals surface area contributed by atoms with Gasteiger partial charge in [-0.15, -0.1) is 6.58 Å². The van der Waals surface area contributed by atoms with Gasteiger partial charge < -0.3 is 0 Å². The first kappa shape index (κ1) is 11.0. The maximum atomic E-state index is 3.81. The second kappa shape index (κ2) is 4.00. The number of hydrogen-bond donors (Lipinski definition) is 0. The van der Waals surface area contributed by atoms with Gasteiger partial charge in [-0.25, -0.2) is 0 Å². The lowest BCUT2D eigenvalue weighted by molar-refractivity contribution is 0.580. The molecule has 0 fully saturated rings. The number of hydrogen-bond acceptors (Lipinski definition) is 0. The monoisotopic (exact) mass is 188 g/mol. The summed E-state index contributed by atoms with van der Waals surface area (Å²) in [6, 6.07) is 6.52. The number of allylic oxidation sites excluding steroid dienone is 1. The molecule has 0 nitrogen and oxygen atoms in total. The van der Waals surface area contributed by atoms with Crippen molar-refractivity contribution in [2.24, 2.45) is 0 Å². The van der Waals surface area contributed by atoms with Crippen molar-refractivity contribution in [3.8, 4) is 0 Å². The molecule has 0 bridgehead atoms. The van der Waals surface area contributed by atoms with Gasteiger partial charge in [0.15, 0.2) is 0 Å². The smallest absolute Gasteiger partial charge is 0.00971 e. The predicted octanol–water partition coefficient (Wildman–Crippen LogP) is 4.02. The molecule has 0 radical (unpaired) electrons. The lowest BCUT2D eigenvalue weighted by atomic mass is 9.80. The number of benzene rings is 1. The lowest BCUT2D eigenvalue weighted by Crippen LogP contribution is -2.16. The van der Waals surface area contributed by atoms with Crippen molar-refractivity contribution in [2.75, 3.05) is 0 Å². The van der Waals surface area contributed by atoms with Crippen molar-refractivity contribution >= 4 is 0 Å². The molecule has 76 valence electrons. The summed E-state index contributed by atoms with van der Waals surface area (Å²) in [4.78, 5) is 0. The van der Waals surface area contributed by atoms with Crippen LogP contribution in [0.2, 0.25) is 0 Å². The van der Waals surface area contributed by atoms with Crippen LogP contribution in [0, 0.1) is 6.92 Å². The van der Waals surface area contributed by atoms with Crippen molar-refractivity contribution in [1.29, 1.82) is 0 Å². The minimum atomic E-state index is 0.226. The first-order valence-corrected chi connectivity index (χ1v) is 5.16. The van der Waals surface area contributed by atoms with Crippen LogP contribution in [0.15, 0.2) is 30.9 Å². The highest BCUT2D eigenvalue weighted by Gasteiger charge is 2.18. The molecule has 0 heteroatoms. The molecule has 0 saturated heterocycles. The average molecular weight is 188 g/mol. The van der Waals surface area contributed by atoms with E-state index in [1.165, 1.54) is 16.7 Å². The molecule has 1 aromatic carbocycles. The first-order valence-electron chi connectivity index (χ1n) is 5.16. The fraction of sp³-hybridized carbons (Fsp3) is 0.429. The quantitative estimate of drug-likeness (QED) is 0.615. The molecular formula is C14H20. The summed E-state index contributed by atoms with van der Waals surface area (Å²) in [5.41, 5.74) is 4.49. The van der Waals surface area contributed by atoms with Gasteiger partial charge in [-0.05, 0) is 35.4 Å². The third-order valence-corrected chi connectivity index (χ3v) is 2.47. The molecule has 0 aliphatic rings. The minimum Gasteiger partial charge on any atom is -0.103 e. The maximum absolute atomic E-state index is 3.81. The van der Waals surface area contributed by atoms with Crippen LogP contribution in [0.3, 0.4) is 0 Å². The van der Waals surface area contributed by atoms with Crippen LogP contribution in [0.25, 0.3) is 0 Å². The summed E-state index contributed by atoms with van der Waals surface area (Å²) in [6.07, 6.45) is 2.94. The van der Waals surface area contributed by atoms with Gasteiger partial charge in [0, 0.05) is 0 Å². The van der Waals surface area contributed by atoms with Gasteiger partial charge in [-0.3, -0.25) is 0 Å². The Morgan fingerprint density at radius 2 is 1.93 bits per heavy atom. The first-order chi connectivity index (χ1) is 6.46. The fourth-order valence-corrected chi connectivity index (χ4v) is 2.13. The molecule has 0 saturated carbocycles. The topological polar surface area (TPSA) is 0 Å². The Kier molecular flexibility index (Phi) is 3.15. The highest BCUT2D eigenvalue weighted by atomic mass is 14.2. The van der Waals surface area contributed by atoms with E-state index in [1.807, 2.05) is 6.08 Å². The molecule has 0 spiro atoms. The van der Waals surface area contributed by atoms with E-state index in [2.05, 4.69) is 52.5 Å². The van der Waals surface area contributed by atoms with E-state index in [9.17, 15) is 0 Å². The van der Waals surface area contributed by atoms with E-state index in [0.29, 0.717) is 0 Å². The summed E-state index contributed by atoms with van der Waals surface area (Å²) in [7, 11) is 0. The van der Waals surface area contributed by atoms with Gasteiger partial charge in [0.2, 0.25) is 0 Å². The second-order valence-electron chi connectivity index (χ2n) is 4.85. The average Bonchev–Trinajstić information content (AvgIpc) is 2.02. The van der Waals surface area contributed by atoms with Crippen molar-refractivity contribution in [2.45, 2.75) is 39.5 Å². The molecule has 0 heterocycles. The summed E-state index contributed by atoms with van der Waals surface area (Å²) in [5, 5.41) is 0. The zero-order chi connectivity index (χ0) is 10.8. The van der Waals surface area contributed by atoms with Crippen LogP contribution < -0.4 is 0 Å². The zero-order valence-corrected chi connectivity index (χ0v) is 9.72. The molecule has 0 unspecified atom stereocenters. The Morgan fingerprint density at radius 1 is 1.29 bits per heavy atom. The molecule has 0 aromatic heterocycles. The Labute approximate surface area is 87.7 Å². The number of aryl methyl sites for hydroxylation is 1.